The zero-order valence-electron chi connectivity index (χ0n) is 14.2. The standard InChI is InChI=1S/C21H19N3OS/c25-21(24-12-15-5-8-22-9-6-15)11-18(16-7-10-26-14-16)19-13-23-20-4-2-1-3-17(19)20/h1-10,13-14,18,23H,11-12H2,(H,24,25). The van der Waals surface area contributed by atoms with E-state index in [4.69, 9.17) is 0 Å². The van der Waals surface area contributed by atoms with Crippen LogP contribution in [0, 0.1) is 0 Å². The van der Waals surface area contributed by atoms with Crippen molar-refractivity contribution in [3.63, 3.8) is 0 Å². The Labute approximate surface area is 155 Å². The summed E-state index contributed by atoms with van der Waals surface area (Å²) < 4.78 is 0. The number of carbonyl (C=O) groups excluding carboxylic acids is 1. The van der Waals surface area contributed by atoms with Crippen molar-refractivity contribution in [2.45, 2.75) is 18.9 Å². The second-order valence-electron chi connectivity index (χ2n) is 6.24. The van der Waals surface area contributed by atoms with Gasteiger partial charge in [-0.15, -0.1) is 0 Å². The third-order valence-corrected chi connectivity index (χ3v) is 5.27. The minimum Gasteiger partial charge on any atom is -0.361 e. The smallest absolute Gasteiger partial charge is 0.221 e. The number of aromatic nitrogens is 2. The van der Waals surface area contributed by atoms with Gasteiger partial charge in [-0.3, -0.25) is 9.78 Å². The lowest BCUT2D eigenvalue weighted by Crippen LogP contribution is -2.24. The first-order valence-electron chi connectivity index (χ1n) is 8.55. The number of hydrogen-bond acceptors (Lipinski definition) is 3. The topological polar surface area (TPSA) is 57.8 Å². The van der Waals surface area contributed by atoms with E-state index in [9.17, 15) is 4.79 Å². The van der Waals surface area contributed by atoms with Gasteiger partial charge in [0, 0.05) is 48.4 Å². The Morgan fingerprint density at radius 1 is 1.15 bits per heavy atom. The molecule has 130 valence electrons. The highest BCUT2D eigenvalue weighted by molar-refractivity contribution is 7.08. The molecular weight excluding hydrogens is 342 g/mol. The van der Waals surface area contributed by atoms with Gasteiger partial charge >= 0.3 is 0 Å². The number of fused-ring (bicyclic) bond motifs is 1. The monoisotopic (exact) mass is 361 g/mol. The molecule has 0 radical (unpaired) electrons. The zero-order chi connectivity index (χ0) is 17.8. The quantitative estimate of drug-likeness (QED) is 0.533. The summed E-state index contributed by atoms with van der Waals surface area (Å²) in [7, 11) is 0. The van der Waals surface area contributed by atoms with Gasteiger partial charge in [0.25, 0.3) is 0 Å². The van der Waals surface area contributed by atoms with Crippen LogP contribution in [0.15, 0.2) is 71.8 Å². The van der Waals surface area contributed by atoms with Crippen molar-refractivity contribution >= 4 is 28.1 Å². The highest BCUT2D eigenvalue weighted by atomic mass is 32.1. The number of carbonyl (C=O) groups is 1. The minimum absolute atomic E-state index is 0.0369. The number of nitrogens with zero attached hydrogens (tertiary/aromatic N) is 1. The molecule has 1 unspecified atom stereocenters. The molecule has 4 rings (SSSR count). The van der Waals surface area contributed by atoms with Crippen molar-refractivity contribution in [2.75, 3.05) is 0 Å². The number of thiophene rings is 1. The van der Waals surface area contributed by atoms with Crippen molar-refractivity contribution in [3.05, 3.63) is 88.5 Å². The predicted octanol–water partition coefficient (Wildman–Crippen LogP) is 4.46. The Balaban J connectivity index is 1.56. The van der Waals surface area contributed by atoms with Gasteiger partial charge in [-0.05, 0) is 51.7 Å². The second-order valence-corrected chi connectivity index (χ2v) is 7.02. The molecule has 0 aliphatic carbocycles. The van der Waals surface area contributed by atoms with Crippen molar-refractivity contribution < 1.29 is 4.79 Å². The zero-order valence-corrected chi connectivity index (χ0v) is 15.0. The van der Waals surface area contributed by atoms with Crippen LogP contribution in [0.3, 0.4) is 0 Å². The summed E-state index contributed by atoms with van der Waals surface area (Å²) in [4.78, 5) is 19.9. The Bertz CT molecular complexity index is 992. The van der Waals surface area contributed by atoms with Crippen LogP contribution in [0.1, 0.15) is 29.0 Å². The van der Waals surface area contributed by atoms with Crippen molar-refractivity contribution in [1.29, 1.82) is 0 Å². The maximum atomic E-state index is 12.6. The van der Waals surface area contributed by atoms with Crippen LogP contribution in [0.2, 0.25) is 0 Å². The Kier molecular flexibility index (Phi) is 4.80. The molecule has 3 aromatic heterocycles. The number of benzene rings is 1. The number of hydrogen-bond donors (Lipinski definition) is 2. The maximum absolute atomic E-state index is 12.6. The van der Waals surface area contributed by atoms with Gasteiger partial charge in [-0.1, -0.05) is 18.2 Å². The third kappa shape index (κ3) is 3.53. The number of para-hydroxylation sites is 1. The van der Waals surface area contributed by atoms with Crippen molar-refractivity contribution in [3.8, 4) is 0 Å². The molecule has 1 aromatic carbocycles. The van der Waals surface area contributed by atoms with Crippen molar-refractivity contribution in [2.24, 2.45) is 0 Å². The Morgan fingerprint density at radius 3 is 2.81 bits per heavy atom. The van der Waals surface area contributed by atoms with Crippen LogP contribution in [0.4, 0.5) is 0 Å². The van der Waals surface area contributed by atoms with E-state index >= 15 is 0 Å². The summed E-state index contributed by atoms with van der Waals surface area (Å²) in [6.45, 7) is 0.519. The van der Waals surface area contributed by atoms with Crippen LogP contribution in [0.5, 0.6) is 0 Å². The summed E-state index contributed by atoms with van der Waals surface area (Å²) in [5.74, 6) is 0.0816. The number of amides is 1. The van der Waals surface area contributed by atoms with Crippen LogP contribution in [-0.2, 0) is 11.3 Å². The number of pyridine rings is 1. The number of H-pyrrole nitrogens is 1. The van der Waals surface area contributed by atoms with Crippen LogP contribution >= 0.6 is 11.3 Å². The lowest BCUT2D eigenvalue weighted by molar-refractivity contribution is -0.121. The lowest BCUT2D eigenvalue weighted by atomic mass is 9.89. The normalized spacial score (nSPS) is 12.2. The van der Waals surface area contributed by atoms with E-state index in [1.807, 2.05) is 30.5 Å². The SMILES string of the molecule is O=C(CC(c1ccsc1)c1c[nH]c2ccccc12)NCc1ccncc1. The first-order chi connectivity index (χ1) is 12.8. The molecular formula is C21H19N3OS. The molecule has 0 saturated carbocycles. The molecule has 0 fully saturated rings. The summed E-state index contributed by atoms with van der Waals surface area (Å²) in [6.07, 6.45) is 5.93. The van der Waals surface area contributed by atoms with E-state index in [0.29, 0.717) is 13.0 Å². The maximum Gasteiger partial charge on any atom is 0.221 e. The predicted molar refractivity (Wildman–Crippen MR) is 105 cm³/mol. The molecule has 1 amide bonds. The Hall–Kier alpha value is -2.92. The molecule has 4 nitrogen and oxygen atoms in total. The van der Waals surface area contributed by atoms with Crippen molar-refractivity contribution in [1.82, 2.24) is 15.3 Å². The molecule has 0 aliphatic heterocycles. The lowest BCUT2D eigenvalue weighted by Gasteiger charge is -2.16. The highest BCUT2D eigenvalue weighted by Gasteiger charge is 2.21. The fourth-order valence-electron chi connectivity index (χ4n) is 3.22. The molecule has 0 spiro atoms. The molecule has 0 saturated heterocycles. The highest BCUT2D eigenvalue weighted by Crippen LogP contribution is 2.34. The summed E-state index contributed by atoms with van der Waals surface area (Å²) in [6, 6.07) is 14.2. The largest absolute Gasteiger partial charge is 0.361 e. The van der Waals surface area contributed by atoms with Gasteiger partial charge < -0.3 is 10.3 Å². The van der Waals surface area contributed by atoms with Gasteiger partial charge in [-0.25, -0.2) is 0 Å². The summed E-state index contributed by atoms with van der Waals surface area (Å²) in [5, 5.41) is 8.39. The minimum atomic E-state index is 0.0369. The van der Waals surface area contributed by atoms with E-state index in [-0.39, 0.29) is 11.8 Å². The van der Waals surface area contributed by atoms with Gasteiger partial charge in [0.15, 0.2) is 0 Å². The van der Waals surface area contributed by atoms with Gasteiger partial charge in [0.2, 0.25) is 5.91 Å². The average molecular weight is 361 g/mol. The van der Waals surface area contributed by atoms with Crippen LogP contribution < -0.4 is 5.32 Å². The molecule has 0 bridgehead atoms. The third-order valence-electron chi connectivity index (χ3n) is 4.57. The molecule has 4 aromatic rings. The molecule has 0 aliphatic rings. The van der Waals surface area contributed by atoms with E-state index in [1.165, 1.54) is 10.9 Å². The first kappa shape index (κ1) is 16.5. The number of rotatable bonds is 6. The average Bonchev–Trinajstić information content (AvgIpc) is 3.35. The molecule has 26 heavy (non-hydrogen) atoms. The Morgan fingerprint density at radius 2 is 2.00 bits per heavy atom. The number of nitrogens with one attached hydrogen (secondary N) is 2. The fourth-order valence-corrected chi connectivity index (χ4v) is 3.94. The molecule has 1 atom stereocenters. The van der Waals surface area contributed by atoms with Gasteiger partial charge in [0.05, 0.1) is 0 Å². The molecule has 5 heteroatoms. The van der Waals surface area contributed by atoms with Gasteiger partial charge in [0.1, 0.15) is 0 Å². The van der Waals surface area contributed by atoms with E-state index < -0.39 is 0 Å². The second kappa shape index (κ2) is 7.54. The first-order valence-corrected chi connectivity index (χ1v) is 9.49. The van der Waals surface area contributed by atoms with Gasteiger partial charge in [-0.2, -0.15) is 11.3 Å². The summed E-state index contributed by atoms with van der Waals surface area (Å²) in [5.41, 5.74) is 4.49. The summed E-state index contributed by atoms with van der Waals surface area (Å²) >= 11 is 1.66. The van der Waals surface area contributed by atoms with E-state index in [1.54, 1.807) is 23.7 Å². The van der Waals surface area contributed by atoms with E-state index in [0.717, 1.165) is 16.6 Å². The van der Waals surface area contributed by atoms with Crippen LogP contribution in [-0.4, -0.2) is 15.9 Å². The van der Waals surface area contributed by atoms with Crippen LogP contribution in [0.25, 0.3) is 10.9 Å². The fraction of sp³-hybridized carbons (Fsp3) is 0.143. The number of aromatic amines is 1. The molecule has 2 N–H and O–H groups in total. The van der Waals surface area contributed by atoms with E-state index in [2.05, 4.69) is 44.2 Å². The molecule has 3 heterocycles.